The molecule has 0 saturated heterocycles. The summed E-state index contributed by atoms with van der Waals surface area (Å²) < 4.78 is 761. The van der Waals surface area contributed by atoms with Gasteiger partial charge in [0.1, 0.15) is 0 Å². The number of halogens is 52. The predicted molar refractivity (Wildman–Crippen MR) is 165 cm³/mol. The number of nitrogens with one attached hydrogen (secondary N) is 1. The normalized spacial score (nSPS) is 16.9. The van der Waals surface area contributed by atoms with Crippen molar-refractivity contribution < 1.29 is 281 Å². The molecule has 0 saturated carbocycles. The van der Waals surface area contributed by atoms with Crippen molar-refractivity contribution in [2.75, 3.05) is 0 Å². The van der Waals surface area contributed by atoms with Gasteiger partial charge in [0.2, 0.25) is 0 Å². The van der Waals surface area contributed by atoms with E-state index < -0.39 is 189 Å². The van der Waals surface area contributed by atoms with E-state index in [0.29, 0.717) is 0 Å². The molecular weight excluding hydrogens is 1570 g/mol. The van der Waals surface area contributed by atoms with Gasteiger partial charge in [0.15, 0.2) is 20.0 Å². The van der Waals surface area contributed by atoms with E-state index in [1.807, 2.05) is 0 Å². The number of nitrogens with zero attached hydrogens (tertiary/aromatic N) is 1. The molecule has 91 heavy (non-hydrogen) atoms. The zero-order valence-electron chi connectivity index (χ0n) is 38.5. The Morgan fingerprint density at radius 2 is 0.286 bits per heavy atom. The molecule has 0 heterocycles. The summed E-state index contributed by atoms with van der Waals surface area (Å²) in [5.74, 6) is -144. The first-order valence-corrected chi connectivity index (χ1v) is 23.6. The summed E-state index contributed by atoms with van der Waals surface area (Å²) in [5, 5.41) is -35.7. The van der Waals surface area contributed by atoms with E-state index in [9.17, 15) is 262 Å². The molecule has 0 amide bonds. The Labute approximate surface area is 469 Å². The fourth-order valence-electron chi connectivity index (χ4n) is 4.15. The van der Waals surface area contributed by atoms with Gasteiger partial charge in [-0.1, -0.05) is 4.13 Å². The van der Waals surface area contributed by atoms with Crippen LogP contribution in [-0.4, -0.2) is 174 Å². The molecule has 0 aliphatic heterocycles. The van der Waals surface area contributed by atoms with E-state index in [0.717, 1.165) is 0 Å². The number of sulfonamides is 4. The van der Waals surface area contributed by atoms with Crippen LogP contribution in [0.2, 0.25) is 0 Å². The Morgan fingerprint density at radius 3 is 0.407 bits per heavy atom. The van der Waals surface area contributed by atoms with Crippen molar-refractivity contribution in [2.24, 2.45) is 0 Å². The van der Waals surface area contributed by atoms with Crippen molar-refractivity contribution in [1.29, 1.82) is 0 Å². The van der Waals surface area contributed by atoms with Gasteiger partial charge in [-0.15, -0.1) is 0 Å². The van der Waals surface area contributed by atoms with Gasteiger partial charge >= 0.3 is 159 Å². The van der Waals surface area contributed by atoms with E-state index in [-0.39, 0.29) is 18.9 Å². The topological polar surface area (TPSA) is 163 Å². The van der Waals surface area contributed by atoms with Gasteiger partial charge < -0.3 is 4.13 Å². The summed E-state index contributed by atoms with van der Waals surface area (Å²) in [6.07, 6.45) is -32.6. The van der Waals surface area contributed by atoms with Crippen LogP contribution in [0.25, 0.3) is 4.13 Å². The van der Waals surface area contributed by atoms with Gasteiger partial charge in [0.05, 0.1) is 0 Å². The van der Waals surface area contributed by atoms with Crippen LogP contribution in [0, 0.1) is 0 Å². The van der Waals surface area contributed by atoms with Crippen LogP contribution in [0.15, 0.2) is 0 Å². The summed E-state index contributed by atoms with van der Waals surface area (Å²) in [6, 6.07) is 0. The Balaban J connectivity index is -0.00000168. The third kappa shape index (κ3) is 12.3. The standard InChI is InChI=1S/C12HF26NO4S2.C12F26NO4S2.Li/c2*13-1(14,5(21,22)9(29,30)31)3(17,18)7(25,26)11(35,36)44(40,41)39-45(42,43)12(37,38)8(27,28)4(19,20)2(15,16)6(23,24)10(32,33)34;/h39H;;/q;-1;+1. The monoisotopic (exact) mass is 1570 g/mol. The number of hydrogen-bond donors (Lipinski definition) is 1. The first kappa shape index (κ1) is 91.9. The molecule has 0 bridgehead atoms. The molecule has 0 aromatic heterocycles. The van der Waals surface area contributed by atoms with Gasteiger partial charge in [-0.05, 0) is 0 Å². The smallest absolute Gasteiger partial charge is 0.425 e. The van der Waals surface area contributed by atoms with Gasteiger partial charge in [-0.25, -0.2) is 33.7 Å². The molecule has 0 radical (unpaired) electrons. The molecule has 0 aromatic rings. The van der Waals surface area contributed by atoms with Crippen molar-refractivity contribution >= 4 is 40.1 Å². The van der Waals surface area contributed by atoms with Crippen LogP contribution in [0.5, 0.6) is 0 Å². The van der Waals surface area contributed by atoms with Gasteiger partial charge in [0, 0.05) is 0 Å². The molecule has 0 unspecified atom stereocenters. The van der Waals surface area contributed by atoms with E-state index >= 15 is 0 Å². The minimum absolute atomic E-state index is 0. The maximum atomic E-state index is 13.7. The largest absolute Gasteiger partial charge is 1.00 e. The maximum absolute atomic E-state index is 13.7. The van der Waals surface area contributed by atoms with E-state index in [1.54, 1.807) is 0 Å². The van der Waals surface area contributed by atoms with E-state index in [1.165, 1.54) is 0 Å². The number of hydrogen-bond acceptors (Lipinski definition) is 8. The molecule has 0 spiro atoms. The molecule has 10 nitrogen and oxygen atoms in total. The maximum Gasteiger partial charge on any atom is 1.00 e. The summed E-state index contributed by atoms with van der Waals surface area (Å²) >= 11 is 0. The van der Waals surface area contributed by atoms with Crippen molar-refractivity contribution in [3.63, 3.8) is 0 Å². The summed E-state index contributed by atoms with van der Waals surface area (Å²) in [7, 11) is -37.9. The fourth-order valence-corrected chi connectivity index (χ4v) is 9.76. The molecule has 0 rings (SSSR count). The molecular formula is C24HF52LiN2O8S4. The second-order valence-electron chi connectivity index (χ2n) is 15.4. The SMILES string of the molecule is O=S(=O)(NS(=O)(=O)C(F)(F)C(F)(F)C(F)(F)C(F)(F)C(F)(F)C(F)(F)F)C(F)(F)C(F)(F)C(F)(F)C(F)(F)C(F)(F)C(F)(F)F.O=S(=O)([N-]S(=O)(=O)C(F)(F)C(F)(F)C(F)(F)C(F)(F)C(F)(F)C(F)(F)F)C(F)(F)C(F)(F)C(F)(F)C(F)(F)C(F)(F)C(F)(F)F.[Li+]. The van der Waals surface area contributed by atoms with Crippen molar-refractivity contribution in [1.82, 2.24) is 4.13 Å². The molecule has 0 fully saturated rings. The third-order valence-corrected chi connectivity index (χ3v) is 16.4. The Bertz CT molecular complexity index is 2690. The Kier molecular flexibility index (Phi) is 23.1. The van der Waals surface area contributed by atoms with E-state index in [4.69, 9.17) is 0 Å². The van der Waals surface area contributed by atoms with Crippen LogP contribution >= 0.6 is 0 Å². The van der Waals surface area contributed by atoms with Gasteiger partial charge in [-0.2, -0.15) is 228 Å². The van der Waals surface area contributed by atoms with E-state index in [2.05, 4.69) is 0 Å². The minimum Gasteiger partial charge on any atom is -0.425 e. The number of alkyl halides is 52. The molecule has 544 valence electrons. The molecule has 0 aromatic carbocycles. The first-order chi connectivity index (χ1) is 37.4. The molecule has 0 atom stereocenters. The average molecular weight is 1570 g/mol. The molecule has 0 aliphatic carbocycles. The third-order valence-electron chi connectivity index (χ3n) is 9.36. The van der Waals surface area contributed by atoms with Crippen LogP contribution in [-0.2, 0) is 40.1 Å². The Hall–Kier alpha value is -3.32. The summed E-state index contributed by atoms with van der Waals surface area (Å²) in [6.45, 7) is 0. The van der Waals surface area contributed by atoms with Crippen molar-refractivity contribution in [3.05, 3.63) is 4.13 Å². The summed E-state index contributed by atoms with van der Waals surface area (Å²) in [5.41, 5.74) is 0. The zero-order valence-corrected chi connectivity index (χ0v) is 41.8. The minimum atomic E-state index is -9.54. The number of rotatable bonds is 24. The predicted octanol–water partition coefficient (Wildman–Crippen LogP) is 11.0. The summed E-state index contributed by atoms with van der Waals surface area (Å²) in [4.78, 5) is 0. The van der Waals surface area contributed by atoms with Crippen molar-refractivity contribution in [3.8, 4) is 0 Å². The van der Waals surface area contributed by atoms with Crippen LogP contribution < -0.4 is 23.0 Å². The average Bonchev–Trinajstić information content (AvgIpc) is 3.25. The molecule has 1 N–H and O–H groups in total. The van der Waals surface area contributed by atoms with Crippen LogP contribution in [0.3, 0.4) is 0 Å². The Morgan fingerprint density at radius 1 is 0.176 bits per heavy atom. The fraction of sp³-hybridized carbons (Fsp3) is 1.00. The van der Waals surface area contributed by atoms with Crippen molar-refractivity contribution in [2.45, 2.75) is 140 Å². The molecule has 0 aliphatic rings. The first-order valence-electron chi connectivity index (χ1n) is 17.8. The second-order valence-corrected chi connectivity index (χ2v) is 22.6. The van der Waals surface area contributed by atoms with Crippen LogP contribution in [0.1, 0.15) is 0 Å². The molecule has 67 heteroatoms. The van der Waals surface area contributed by atoms with Crippen LogP contribution in [0.4, 0.5) is 228 Å². The van der Waals surface area contributed by atoms with Gasteiger partial charge in [0.25, 0.3) is 20.0 Å². The zero-order chi connectivity index (χ0) is 75.4. The van der Waals surface area contributed by atoms with Gasteiger partial charge in [-0.3, -0.25) is 0 Å². The quantitative estimate of drug-likeness (QED) is 0.0737. The second kappa shape index (κ2) is 22.9.